The first kappa shape index (κ1) is 15.0. The highest BCUT2D eigenvalue weighted by molar-refractivity contribution is 5.28. The van der Waals surface area contributed by atoms with Crippen LogP contribution in [0, 0.1) is 0 Å². The van der Waals surface area contributed by atoms with E-state index in [1.165, 1.54) is 24.0 Å². The van der Waals surface area contributed by atoms with Gasteiger partial charge in [-0.2, -0.15) is 0 Å². The van der Waals surface area contributed by atoms with E-state index in [1.54, 1.807) is 0 Å². The van der Waals surface area contributed by atoms with Crippen molar-refractivity contribution in [1.29, 1.82) is 0 Å². The van der Waals surface area contributed by atoms with Crippen LogP contribution in [0.1, 0.15) is 60.8 Å². The van der Waals surface area contributed by atoms with E-state index in [0.717, 1.165) is 6.42 Å². The Morgan fingerprint density at radius 1 is 1.15 bits per heavy atom. The number of allylic oxidation sites excluding steroid dienone is 4. The van der Waals surface area contributed by atoms with Gasteiger partial charge in [0.1, 0.15) is 0 Å². The van der Waals surface area contributed by atoms with Crippen molar-refractivity contribution in [2.75, 3.05) is 0 Å². The molecular formula is C13H26. The molecule has 78 valence electrons. The molecule has 0 atom stereocenters. The fraction of sp³-hybridized carbons (Fsp3) is 0.692. The molecule has 0 aliphatic heterocycles. The van der Waals surface area contributed by atoms with Crippen molar-refractivity contribution in [1.82, 2.24) is 0 Å². The molecular weight excluding hydrogens is 156 g/mol. The molecule has 0 N–H and O–H groups in total. The molecule has 0 unspecified atom stereocenters. The van der Waals surface area contributed by atoms with E-state index in [4.69, 9.17) is 0 Å². The minimum absolute atomic E-state index is 1.15. The molecule has 13 heavy (non-hydrogen) atoms. The Morgan fingerprint density at radius 2 is 1.69 bits per heavy atom. The van der Waals surface area contributed by atoms with Crippen LogP contribution in [0.3, 0.4) is 0 Å². The maximum atomic E-state index is 2.33. The van der Waals surface area contributed by atoms with Crippen LogP contribution in [0.15, 0.2) is 23.3 Å². The maximum absolute atomic E-state index is 2.33. The Morgan fingerprint density at radius 3 is 2.00 bits per heavy atom. The van der Waals surface area contributed by atoms with Gasteiger partial charge < -0.3 is 0 Å². The monoisotopic (exact) mass is 182 g/mol. The molecule has 0 heteroatoms. The van der Waals surface area contributed by atoms with E-state index in [9.17, 15) is 0 Å². The summed E-state index contributed by atoms with van der Waals surface area (Å²) >= 11 is 0. The first-order chi connectivity index (χ1) is 6.26. The van der Waals surface area contributed by atoms with Crippen LogP contribution in [0.25, 0.3) is 0 Å². The highest BCUT2D eigenvalue weighted by Gasteiger charge is 1.95. The summed E-state index contributed by atoms with van der Waals surface area (Å²) in [4.78, 5) is 0. The van der Waals surface area contributed by atoms with Crippen molar-refractivity contribution in [3.05, 3.63) is 23.3 Å². The summed E-state index contributed by atoms with van der Waals surface area (Å²) in [6.45, 7) is 12.7. The third-order valence-electron chi connectivity index (χ3n) is 1.91. The highest BCUT2D eigenvalue weighted by Crippen LogP contribution is 2.15. The van der Waals surface area contributed by atoms with Crippen LogP contribution in [0.4, 0.5) is 0 Å². The Balaban J connectivity index is 0. The summed E-state index contributed by atoms with van der Waals surface area (Å²) in [7, 11) is 0. The number of hydrogen-bond donors (Lipinski definition) is 0. The molecule has 0 aromatic heterocycles. The van der Waals surface area contributed by atoms with E-state index in [2.05, 4.69) is 39.8 Å². The summed E-state index contributed by atoms with van der Waals surface area (Å²) in [5.74, 6) is 0. The van der Waals surface area contributed by atoms with Gasteiger partial charge in [0.2, 0.25) is 0 Å². The van der Waals surface area contributed by atoms with Crippen LogP contribution >= 0.6 is 0 Å². The predicted octanol–water partition coefficient (Wildman–Crippen LogP) is 5.12. The second kappa shape index (κ2) is 11.5. The molecule has 0 rings (SSSR count). The lowest BCUT2D eigenvalue weighted by atomic mass is 10.0. The van der Waals surface area contributed by atoms with Gasteiger partial charge in [-0.1, -0.05) is 51.8 Å². The van der Waals surface area contributed by atoms with Crippen molar-refractivity contribution in [3.8, 4) is 0 Å². The van der Waals surface area contributed by atoms with Crippen LogP contribution in [0.2, 0.25) is 0 Å². The molecule has 0 aliphatic rings. The van der Waals surface area contributed by atoms with E-state index < -0.39 is 0 Å². The van der Waals surface area contributed by atoms with Gasteiger partial charge >= 0.3 is 0 Å². The van der Waals surface area contributed by atoms with Crippen LogP contribution in [-0.4, -0.2) is 0 Å². The zero-order valence-corrected chi connectivity index (χ0v) is 10.3. The second-order valence-electron chi connectivity index (χ2n) is 2.86. The number of hydrogen-bond acceptors (Lipinski definition) is 0. The first-order valence-corrected chi connectivity index (χ1v) is 5.58. The molecule has 0 saturated carbocycles. The third kappa shape index (κ3) is 7.83. The van der Waals surface area contributed by atoms with Gasteiger partial charge in [-0.25, -0.2) is 0 Å². The van der Waals surface area contributed by atoms with E-state index in [-0.39, 0.29) is 0 Å². The zero-order chi connectivity index (χ0) is 10.7. The van der Waals surface area contributed by atoms with E-state index in [0.29, 0.717) is 0 Å². The van der Waals surface area contributed by atoms with Gasteiger partial charge in [0, 0.05) is 0 Å². The molecule has 0 aromatic carbocycles. The fourth-order valence-electron chi connectivity index (χ4n) is 1.16. The van der Waals surface area contributed by atoms with Crippen LogP contribution < -0.4 is 0 Å². The molecule has 0 aromatic rings. The van der Waals surface area contributed by atoms with Crippen molar-refractivity contribution in [2.45, 2.75) is 60.8 Å². The normalized spacial score (nSPS) is 12.2. The van der Waals surface area contributed by atoms with Gasteiger partial charge in [-0.05, 0) is 32.3 Å². The van der Waals surface area contributed by atoms with Crippen molar-refractivity contribution < 1.29 is 0 Å². The largest absolute Gasteiger partial charge is 0.0845 e. The van der Waals surface area contributed by atoms with Crippen molar-refractivity contribution in [3.63, 3.8) is 0 Å². The SMILES string of the molecule is C/C=C(C)\C(=C/CC)CCC.CC. The minimum atomic E-state index is 1.15. The maximum Gasteiger partial charge on any atom is -0.0282 e. The molecule has 0 radical (unpaired) electrons. The second-order valence-corrected chi connectivity index (χ2v) is 2.86. The lowest BCUT2D eigenvalue weighted by molar-refractivity contribution is 0.901. The Kier molecular flexibility index (Phi) is 13.2. The van der Waals surface area contributed by atoms with Gasteiger partial charge in [-0.3, -0.25) is 0 Å². The molecule has 0 fully saturated rings. The minimum Gasteiger partial charge on any atom is -0.0845 e. The highest BCUT2D eigenvalue weighted by atomic mass is 14.0. The lowest BCUT2D eigenvalue weighted by Gasteiger charge is -2.04. The summed E-state index contributed by atoms with van der Waals surface area (Å²) in [5.41, 5.74) is 2.96. The molecule has 0 heterocycles. The number of rotatable bonds is 4. The van der Waals surface area contributed by atoms with Crippen molar-refractivity contribution >= 4 is 0 Å². The van der Waals surface area contributed by atoms with Gasteiger partial charge in [-0.15, -0.1) is 0 Å². The van der Waals surface area contributed by atoms with Crippen LogP contribution in [-0.2, 0) is 0 Å². The topological polar surface area (TPSA) is 0 Å². The molecule has 0 bridgehead atoms. The molecule has 0 aliphatic carbocycles. The van der Waals surface area contributed by atoms with Gasteiger partial charge in [0.15, 0.2) is 0 Å². The van der Waals surface area contributed by atoms with Gasteiger partial charge in [0.05, 0.1) is 0 Å². The lowest BCUT2D eigenvalue weighted by Crippen LogP contribution is -1.84. The standard InChI is InChI=1S/C11H20.C2H6/c1-5-8-11(9-6-2)10(4)7-3;1-2/h7-8H,5-6,9H2,1-4H3;1-2H3/b10-7-,11-8-;. The Hall–Kier alpha value is -0.520. The zero-order valence-electron chi connectivity index (χ0n) is 10.3. The third-order valence-corrected chi connectivity index (χ3v) is 1.91. The van der Waals surface area contributed by atoms with Crippen molar-refractivity contribution in [2.24, 2.45) is 0 Å². The molecule has 0 spiro atoms. The Bertz CT molecular complexity index is 149. The molecule has 0 saturated heterocycles. The van der Waals surface area contributed by atoms with Crippen LogP contribution in [0.5, 0.6) is 0 Å². The summed E-state index contributed by atoms with van der Waals surface area (Å²) < 4.78 is 0. The van der Waals surface area contributed by atoms with Gasteiger partial charge in [0.25, 0.3) is 0 Å². The molecule has 0 nitrogen and oxygen atoms in total. The summed E-state index contributed by atoms with van der Waals surface area (Å²) in [6.07, 6.45) is 8.15. The smallest absolute Gasteiger partial charge is 0.0282 e. The fourth-order valence-corrected chi connectivity index (χ4v) is 1.16. The summed E-state index contributed by atoms with van der Waals surface area (Å²) in [6, 6.07) is 0. The molecule has 0 amide bonds. The van der Waals surface area contributed by atoms with E-state index in [1.807, 2.05) is 13.8 Å². The predicted molar refractivity (Wildman–Crippen MR) is 64.1 cm³/mol. The van der Waals surface area contributed by atoms with E-state index >= 15 is 0 Å². The first-order valence-electron chi connectivity index (χ1n) is 5.58. The summed E-state index contributed by atoms with van der Waals surface area (Å²) in [5, 5.41) is 0. The Labute approximate surface area is 84.7 Å². The quantitative estimate of drug-likeness (QED) is 0.530. The average molecular weight is 182 g/mol. The average Bonchev–Trinajstić information content (AvgIpc) is 2.19.